The lowest BCUT2D eigenvalue weighted by Crippen LogP contribution is -2.39. The van der Waals surface area contributed by atoms with E-state index in [1.54, 1.807) is 0 Å². The van der Waals surface area contributed by atoms with Gasteiger partial charge < -0.3 is 15.1 Å². The molecule has 0 spiro atoms. The van der Waals surface area contributed by atoms with Gasteiger partial charge in [-0.3, -0.25) is 4.79 Å². The molecule has 5 heteroatoms. The fraction of sp³-hybridized carbons (Fsp3) is 0.667. The summed E-state index contributed by atoms with van der Waals surface area (Å²) >= 11 is 0. The second kappa shape index (κ2) is 5.21. The molecule has 2 saturated heterocycles. The van der Waals surface area contributed by atoms with E-state index in [4.69, 9.17) is 0 Å². The number of amides is 3. The van der Waals surface area contributed by atoms with Crippen LogP contribution in [0.1, 0.15) is 19.3 Å². The largest absolute Gasteiger partial charge is 0.351 e. The number of hydrogen-bond acceptors (Lipinski definition) is 2. The highest BCUT2D eigenvalue weighted by Crippen LogP contribution is 2.24. The molecule has 94 valence electrons. The van der Waals surface area contributed by atoms with E-state index in [0.29, 0.717) is 19.1 Å². The second-order valence-corrected chi connectivity index (χ2v) is 4.57. The van der Waals surface area contributed by atoms with E-state index in [2.05, 4.69) is 11.9 Å². The number of carbonyl (C=O) groups excluding carboxylic acids is 2. The molecule has 0 aromatic heterocycles. The molecular weight excluding hydrogens is 218 g/mol. The number of fused-ring (bicyclic) bond motifs is 1. The Labute approximate surface area is 101 Å². The van der Waals surface area contributed by atoms with Crippen molar-refractivity contribution in [2.45, 2.75) is 25.3 Å². The summed E-state index contributed by atoms with van der Waals surface area (Å²) < 4.78 is 0. The molecule has 0 saturated carbocycles. The summed E-state index contributed by atoms with van der Waals surface area (Å²) in [4.78, 5) is 26.8. The Morgan fingerprint density at radius 2 is 2.35 bits per heavy atom. The number of carbonyl (C=O) groups is 2. The maximum Gasteiger partial charge on any atom is 0.320 e. The molecule has 2 rings (SSSR count). The third kappa shape index (κ3) is 2.60. The van der Waals surface area contributed by atoms with Crippen LogP contribution in [0.3, 0.4) is 0 Å². The van der Waals surface area contributed by atoms with Crippen LogP contribution in [-0.2, 0) is 4.79 Å². The van der Waals surface area contributed by atoms with Crippen molar-refractivity contribution in [3.63, 3.8) is 0 Å². The highest BCUT2D eigenvalue weighted by Gasteiger charge is 2.37. The van der Waals surface area contributed by atoms with Crippen molar-refractivity contribution in [2.75, 3.05) is 26.2 Å². The highest BCUT2D eigenvalue weighted by molar-refractivity contribution is 5.86. The van der Waals surface area contributed by atoms with Crippen molar-refractivity contribution in [2.24, 2.45) is 0 Å². The second-order valence-electron chi connectivity index (χ2n) is 4.57. The Morgan fingerprint density at radius 1 is 1.53 bits per heavy atom. The van der Waals surface area contributed by atoms with Gasteiger partial charge in [-0.1, -0.05) is 6.58 Å². The smallest absolute Gasteiger partial charge is 0.320 e. The summed E-state index contributed by atoms with van der Waals surface area (Å²) in [5.41, 5.74) is 0. The lowest BCUT2D eigenvalue weighted by Gasteiger charge is -2.27. The molecule has 17 heavy (non-hydrogen) atoms. The predicted molar refractivity (Wildman–Crippen MR) is 64.5 cm³/mol. The SMILES string of the molecule is C=CC(=O)NCCN1CC2CCCCN2C1=O. The summed E-state index contributed by atoms with van der Waals surface area (Å²) in [6, 6.07) is 0.522. The van der Waals surface area contributed by atoms with Gasteiger partial charge in [-0.15, -0.1) is 0 Å². The standard InChI is InChI=1S/C12H19N3O2/c1-2-11(16)13-6-8-14-9-10-5-3-4-7-15(10)12(14)17/h2,10H,1,3-9H2,(H,13,16). The van der Waals surface area contributed by atoms with Crippen molar-refractivity contribution < 1.29 is 9.59 Å². The minimum Gasteiger partial charge on any atom is -0.351 e. The molecular formula is C12H19N3O2. The van der Waals surface area contributed by atoms with E-state index in [1.165, 1.54) is 12.5 Å². The summed E-state index contributed by atoms with van der Waals surface area (Å²) in [5.74, 6) is -0.186. The maximum atomic E-state index is 12.0. The van der Waals surface area contributed by atoms with Gasteiger partial charge in [-0.25, -0.2) is 4.79 Å². The summed E-state index contributed by atoms with van der Waals surface area (Å²) in [7, 11) is 0. The molecule has 0 radical (unpaired) electrons. The Kier molecular flexibility index (Phi) is 3.66. The van der Waals surface area contributed by atoms with Gasteiger partial charge >= 0.3 is 6.03 Å². The van der Waals surface area contributed by atoms with Crippen molar-refractivity contribution >= 4 is 11.9 Å². The number of nitrogens with zero attached hydrogens (tertiary/aromatic N) is 2. The van der Waals surface area contributed by atoms with Crippen LogP contribution in [0.2, 0.25) is 0 Å². The lowest BCUT2D eigenvalue weighted by atomic mass is 10.0. The first-order valence-electron chi connectivity index (χ1n) is 6.18. The molecule has 0 bridgehead atoms. The molecule has 3 amide bonds. The zero-order valence-electron chi connectivity index (χ0n) is 10.0. The van der Waals surface area contributed by atoms with Crippen LogP contribution in [0, 0.1) is 0 Å². The Morgan fingerprint density at radius 3 is 3.06 bits per heavy atom. The fourth-order valence-corrected chi connectivity index (χ4v) is 2.53. The number of nitrogens with one attached hydrogen (secondary N) is 1. The van der Waals surface area contributed by atoms with Crippen molar-refractivity contribution in [1.82, 2.24) is 15.1 Å². The minimum atomic E-state index is -0.186. The van der Waals surface area contributed by atoms with E-state index in [1.807, 2.05) is 9.80 Å². The van der Waals surface area contributed by atoms with Crippen LogP contribution in [0.15, 0.2) is 12.7 Å². The Bertz CT molecular complexity index is 330. The minimum absolute atomic E-state index is 0.127. The summed E-state index contributed by atoms with van der Waals surface area (Å²) in [6.07, 6.45) is 4.69. The zero-order chi connectivity index (χ0) is 12.3. The number of piperidine rings is 1. The highest BCUT2D eigenvalue weighted by atomic mass is 16.2. The normalized spacial score (nSPS) is 23.5. The molecule has 2 aliphatic rings. The van der Waals surface area contributed by atoms with Gasteiger partial charge in [0.05, 0.1) is 6.04 Å². The van der Waals surface area contributed by atoms with Crippen molar-refractivity contribution in [1.29, 1.82) is 0 Å². The molecule has 0 aromatic carbocycles. The average Bonchev–Trinajstić information content (AvgIpc) is 2.67. The van der Waals surface area contributed by atoms with Gasteiger partial charge in [-0.05, 0) is 25.3 Å². The first-order chi connectivity index (χ1) is 8.22. The van der Waals surface area contributed by atoms with Gasteiger partial charge in [0.2, 0.25) is 5.91 Å². The Hall–Kier alpha value is -1.52. The third-order valence-corrected chi connectivity index (χ3v) is 3.44. The van der Waals surface area contributed by atoms with Gasteiger partial charge in [0.1, 0.15) is 0 Å². The quantitative estimate of drug-likeness (QED) is 0.727. The predicted octanol–water partition coefficient (Wildman–Crippen LogP) is 0.579. The van der Waals surface area contributed by atoms with Crippen LogP contribution < -0.4 is 5.32 Å². The molecule has 1 unspecified atom stereocenters. The molecule has 1 atom stereocenters. The monoisotopic (exact) mass is 237 g/mol. The van der Waals surface area contributed by atoms with E-state index in [0.717, 1.165) is 25.9 Å². The third-order valence-electron chi connectivity index (χ3n) is 3.44. The lowest BCUT2D eigenvalue weighted by molar-refractivity contribution is -0.116. The first-order valence-corrected chi connectivity index (χ1v) is 6.18. The van der Waals surface area contributed by atoms with Crippen LogP contribution in [0.5, 0.6) is 0 Å². The van der Waals surface area contributed by atoms with E-state index in [-0.39, 0.29) is 11.9 Å². The Balaban J connectivity index is 1.80. The van der Waals surface area contributed by atoms with E-state index < -0.39 is 0 Å². The van der Waals surface area contributed by atoms with Gasteiger partial charge in [-0.2, -0.15) is 0 Å². The topological polar surface area (TPSA) is 52.7 Å². The summed E-state index contributed by atoms with van der Waals surface area (Å²) in [6.45, 7) is 6.17. The van der Waals surface area contributed by atoms with Crippen LogP contribution in [0.4, 0.5) is 4.79 Å². The fourth-order valence-electron chi connectivity index (χ4n) is 2.53. The molecule has 2 heterocycles. The molecule has 5 nitrogen and oxygen atoms in total. The molecule has 0 aromatic rings. The first kappa shape index (κ1) is 12.0. The number of hydrogen-bond donors (Lipinski definition) is 1. The van der Waals surface area contributed by atoms with Crippen molar-refractivity contribution in [3.05, 3.63) is 12.7 Å². The van der Waals surface area contributed by atoms with Crippen LogP contribution in [0.25, 0.3) is 0 Å². The molecule has 0 aliphatic carbocycles. The van der Waals surface area contributed by atoms with E-state index in [9.17, 15) is 9.59 Å². The van der Waals surface area contributed by atoms with Gasteiger partial charge in [0.15, 0.2) is 0 Å². The average molecular weight is 237 g/mol. The van der Waals surface area contributed by atoms with Crippen LogP contribution in [-0.4, -0.2) is 54.0 Å². The molecule has 2 aliphatic heterocycles. The van der Waals surface area contributed by atoms with E-state index >= 15 is 0 Å². The van der Waals surface area contributed by atoms with Gasteiger partial charge in [0.25, 0.3) is 0 Å². The van der Waals surface area contributed by atoms with Gasteiger partial charge in [0, 0.05) is 26.2 Å². The molecule has 1 N–H and O–H groups in total. The summed E-state index contributed by atoms with van der Waals surface area (Å²) in [5, 5.41) is 2.69. The van der Waals surface area contributed by atoms with Crippen molar-refractivity contribution in [3.8, 4) is 0 Å². The van der Waals surface area contributed by atoms with Crippen LogP contribution >= 0.6 is 0 Å². The number of urea groups is 1. The number of rotatable bonds is 4. The molecule has 2 fully saturated rings. The zero-order valence-corrected chi connectivity index (χ0v) is 10.0. The maximum absolute atomic E-state index is 12.0.